The van der Waals surface area contributed by atoms with Crippen LogP contribution in [0.2, 0.25) is 0 Å². The first kappa shape index (κ1) is 6.18. The summed E-state index contributed by atoms with van der Waals surface area (Å²) in [7, 11) is 0. The monoisotopic (exact) mass is 152 g/mol. The Balaban J connectivity index is 1.92. The zero-order valence-electron chi connectivity index (χ0n) is 6.67. The van der Waals surface area contributed by atoms with Crippen LogP contribution in [-0.4, -0.2) is 17.5 Å². The lowest BCUT2D eigenvalue weighted by Gasteiger charge is -2.45. The third-order valence-corrected chi connectivity index (χ3v) is 3.69. The third kappa shape index (κ3) is 0.560. The van der Waals surface area contributed by atoms with Crippen LogP contribution in [0.25, 0.3) is 0 Å². The van der Waals surface area contributed by atoms with E-state index >= 15 is 0 Å². The standard InChI is InChI=1S/C9H12O2/c1-5(10)6-2-9-3-7(6)8(4-9)11-9/h6-8H,2-4H2,1H3. The first-order valence-corrected chi connectivity index (χ1v) is 4.38. The molecule has 4 fully saturated rings. The minimum Gasteiger partial charge on any atom is -0.371 e. The lowest BCUT2D eigenvalue weighted by molar-refractivity contribution is -0.193. The molecule has 2 heteroatoms. The Hall–Kier alpha value is -0.370. The zero-order valence-corrected chi connectivity index (χ0v) is 6.67. The molecule has 0 amide bonds. The van der Waals surface area contributed by atoms with Gasteiger partial charge in [0.05, 0.1) is 11.7 Å². The highest BCUT2D eigenvalue weighted by Gasteiger charge is 2.66. The van der Waals surface area contributed by atoms with Gasteiger partial charge in [0, 0.05) is 12.3 Å². The van der Waals surface area contributed by atoms with Crippen molar-refractivity contribution >= 4 is 5.78 Å². The molecule has 60 valence electrons. The second-order valence-corrected chi connectivity index (χ2v) is 4.33. The van der Waals surface area contributed by atoms with Gasteiger partial charge in [0.1, 0.15) is 5.78 Å². The molecule has 0 aromatic carbocycles. The fourth-order valence-electron chi connectivity index (χ4n) is 3.22. The molecular weight excluding hydrogens is 140 g/mol. The summed E-state index contributed by atoms with van der Waals surface area (Å²) >= 11 is 0. The summed E-state index contributed by atoms with van der Waals surface area (Å²) < 4.78 is 5.66. The fourth-order valence-corrected chi connectivity index (χ4v) is 3.22. The number of carbonyl (C=O) groups excluding carboxylic acids is 1. The van der Waals surface area contributed by atoms with Crippen LogP contribution in [-0.2, 0) is 9.53 Å². The maximum atomic E-state index is 11.1. The van der Waals surface area contributed by atoms with Crippen molar-refractivity contribution in [2.24, 2.45) is 11.8 Å². The number of rotatable bonds is 1. The summed E-state index contributed by atoms with van der Waals surface area (Å²) in [4.78, 5) is 11.1. The Bertz CT molecular complexity index is 228. The normalized spacial score (nSPS) is 57.7. The zero-order chi connectivity index (χ0) is 7.64. The third-order valence-electron chi connectivity index (χ3n) is 3.69. The molecule has 1 spiro atoms. The van der Waals surface area contributed by atoms with Crippen molar-refractivity contribution in [1.82, 2.24) is 0 Å². The smallest absolute Gasteiger partial charge is 0.133 e. The van der Waals surface area contributed by atoms with E-state index in [-0.39, 0.29) is 5.60 Å². The quantitative estimate of drug-likeness (QED) is 0.563. The Morgan fingerprint density at radius 2 is 2.18 bits per heavy atom. The highest BCUT2D eigenvalue weighted by molar-refractivity contribution is 5.79. The number of ketones is 1. The van der Waals surface area contributed by atoms with E-state index in [0.717, 1.165) is 6.42 Å². The van der Waals surface area contributed by atoms with E-state index in [0.29, 0.717) is 23.7 Å². The predicted octanol–water partition coefficient (Wildman–Crippen LogP) is 1.14. The largest absolute Gasteiger partial charge is 0.371 e. The van der Waals surface area contributed by atoms with Crippen LogP contribution in [0.5, 0.6) is 0 Å². The summed E-state index contributed by atoms with van der Waals surface area (Å²) in [6.45, 7) is 1.72. The lowest BCUT2D eigenvalue weighted by atomic mass is 9.79. The second-order valence-electron chi connectivity index (χ2n) is 4.33. The molecule has 4 aliphatic rings. The molecule has 2 heterocycles. The molecular formula is C9H12O2. The molecule has 0 aromatic heterocycles. The molecule has 0 aromatic rings. The van der Waals surface area contributed by atoms with Gasteiger partial charge in [0.15, 0.2) is 0 Å². The summed E-state index contributed by atoms with van der Waals surface area (Å²) in [5.41, 5.74) is 0.186. The maximum absolute atomic E-state index is 11.1. The van der Waals surface area contributed by atoms with Gasteiger partial charge in [-0.25, -0.2) is 0 Å². The van der Waals surface area contributed by atoms with Crippen LogP contribution in [0.15, 0.2) is 0 Å². The summed E-state index contributed by atoms with van der Waals surface area (Å²) in [6.07, 6.45) is 3.88. The molecule has 2 saturated carbocycles. The minimum atomic E-state index is 0.186. The number of hydrogen-bond acceptors (Lipinski definition) is 2. The molecule has 0 N–H and O–H groups in total. The SMILES string of the molecule is CC(=O)C1CC23CC(O2)C1C3. The van der Waals surface area contributed by atoms with E-state index in [4.69, 9.17) is 4.74 Å². The van der Waals surface area contributed by atoms with Crippen LogP contribution in [0.4, 0.5) is 0 Å². The van der Waals surface area contributed by atoms with Crippen molar-refractivity contribution in [3.63, 3.8) is 0 Å². The Morgan fingerprint density at radius 3 is 2.45 bits per heavy atom. The van der Waals surface area contributed by atoms with Crippen molar-refractivity contribution < 1.29 is 9.53 Å². The first-order chi connectivity index (χ1) is 5.20. The molecule has 11 heavy (non-hydrogen) atoms. The number of Topliss-reactive ketones (excluding diaryl/α,β-unsaturated/α-hetero) is 1. The Kier molecular flexibility index (Phi) is 0.861. The van der Waals surface area contributed by atoms with Crippen LogP contribution in [0.1, 0.15) is 26.2 Å². The second kappa shape index (κ2) is 1.53. The van der Waals surface area contributed by atoms with Crippen LogP contribution in [0.3, 0.4) is 0 Å². The van der Waals surface area contributed by atoms with Crippen molar-refractivity contribution in [3.05, 3.63) is 0 Å². The van der Waals surface area contributed by atoms with Crippen LogP contribution in [0, 0.1) is 11.8 Å². The highest BCUT2D eigenvalue weighted by atomic mass is 16.5. The summed E-state index contributed by atoms with van der Waals surface area (Å²) in [5, 5.41) is 0. The highest BCUT2D eigenvalue weighted by Crippen LogP contribution is 2.63. The predicted molar refractivity (Wildman–Crippen MR) is 39.1 cm³/mol. The number of hydrogen-bond donors (Lipinski definition) is 0. The van der Waals surface area contributed by atoms with Gasteiger partial charge in [0.2, 0.25) is 0 Å². The van der Waals surface area contributed by atoms with E-state index in [2.05, 4.69) is 0 Å². The summed E-state index contributed by atoms with van der Waals surface area (Å²) in [5.74, 6) is 1.32. The fraction of sp³-hybridized carbons (Fsp3) is 0.889. The van der Waals surface area contributed by atoms with Gasteiger partial charge in [-0.3, -0.25) is 4.79 Å². The van der Waals surface area contributed by atoms with E-state index in [1.807, 2.05) is 0 Å². The lowest BCUT2D eigenvalue weighted by Crippen LogP contribution is -2.49. The van der Waals surface area contributed by atoms with Crippen LogP contribution < -0.4 is 0 Å². The topological polar surface area (TPSA) is 26.3 Å². The maximum Gasteiger partial charge on any atom is 0.133 e. The average molecular weight is 152 g/mol. The van der Waals surface area contributed by atoms with Gasteiger partial charge in [-0.15, -0.1) is 0 Å². The molecule has 2 nitrogen and oxygen atoms in total. The van der Waals surface area contributed by atoms with Gasteiger partial charge >= 0.3 is 0 Å². The molecule has 4 rings (SSSR count). The Labute approximate surface area is 65.9 Å². The van der Waals surface area contributed by atoms with Crippen molar-refractivity contribution in [3.8, 4) is 0 Å². The van der Waals surface area contributed by atoms with Gasteiger partial charge in [-0.05, 0) is 25.7 Å². The van der Waals surface area contributed by atoms with Gasteiger partial charge < -0.3 is 4.74 Å². The van der Waals surface area contributed by atoms with Gasteiger partial charge in [-0.1, -0.05) is 0 Å². The first-order valence-electron chi connectivity index (χ1n) is 4.38. The Morgan fingerprint density at radius 1 is 1.45 bits per heavy atom. The number of carbonyl (C=O) groups is 1. The summed E-state index contributed by atoms with van der Waals surface area (Å²) in [6, 6.07) is 0. The molecule has 4 atom stereocenters. The molecule has 2 saturated heterocycles. The van der Waals surface area contributed by atoms with E-state index in [9.17, 15) is 4.79 Å². The van der Waals surface area contributed by atoms with Crippen LogP contribution >= 0.6 is 0 Å². The molecule has 2 aliphatic heterocycles. The van der Waals surface area contributed by atoms with Crippen molar-refractivity contribution in [1.29, 1.82) is 0 Å². The average Bonchev–Trinajstić information content (AvgIpc) is 2.44. The van der Waals surface area contributed by atoms with E-state index in [1.54, 1.807) is 6.92 Å². The molecule has 2 aliphatic carbocycles. The van der Waals surface area contributed by atoms with Gasteiger partial charge in [-0.2, -0.15) is 0 Å². The van der Waals surface area contributed by atoms with E-state index in [1.165, 1.54) is 12.8 Å². The molecule has 0 radical (unpaired) electrons. The van der Waals surface area contributed by atoms with Crippen molar-refractivity contribution in [2.45, 2.75) is 37.9 Å². The van der Waals surface area contributed by atoms with Crippen molar-refractivity contribution in [2.75, 3.05) is 0 Å². The molecule has 4 unspecified atom stereocenters. The van der Waals surface area contributed by atoms with E-state index < -0.39 is 0 Å². The van der Waals surface area contributed by atoms with Gasteiger partial charge in [0.25, 0.3) is 0 Å². The minimum absolute atomic E-state index is 0.186. The molecule has 3 bridgehead atoms. The number of ether oxygens (including phenoxy) is 1.